The summed E-state index contributed by atoms with van der Waals surface area (Å²) in [6.45, 7) is 2.31. The fourth-order valence-corrected chi connectivity index (χ4v) is 2.56. The number of fused-ring (bicyclic) bond motifs is 1. The fraction of sp³-hybridized carbons (Fsp3) is 1.00. The molecule has 0 aromatic carbocycles. The van der Waals surface area contributed by atoms with Crippen molar-refractivity contribution in [2.45, 2.75) is 25.8 Å². The van der Waals surface area contributed by atoms with Crippen molar-refractivity contribution in [3.05, 3.63) is 0 Å². The van der Waals surface area contributed by atoms with E-state index in [1.165, 1.54) is 12.8 Å². The molecule has 0 aromatic rings. The summed E-state index contributed by atoms with van der Waals surface area (Å²) in [5, 5.41) is 3.39. The molecule has 4 unspecified atom stereocenters. The van der Waals surface area contributed by atoms with Crippen molar-refractivity contribution >= 4 is 0 Å². The normalized spacial score (nSPS) is 54.0. The van der Waals surface area contributed by atoms with Gasteiger partial charge in [0.15, 0.2) is 0 Å². The molecule has 0 aliphatic heterocycles. The van der Waals surface area contributed by atoms with E-state index < -0.39 is 0 Å². The summed E-state index contributed by atoms with van der Waals surface area (Å²) in [6, 6.07) is 0.889. The molecule has 2 fully saturated rings. The molecule has 52 valence electrons. The van der Waals surface area contributed by atoms with Crippen molar-refractivity contribution < 1.29 is 0 Å². The van der Waals surface area contributed by atoms with Gasteiger partial charge in [0.1, 0.15) is 0 Å². The maximum atomic E-state index is 3.39. The second-order valence-corrected chi connectivity index (χ2v) is 3.45. The van der Waals surface area contributed by atoms with Gasteiger partial charge >= 0.3 is 0 Å². The van der Waals surface area contributed by atoms with Crippen molar-refractivity contribution in [3.8, 4) is 0 Å². The zero-order valence-electron chi connectivity index (χ0n) is 6.22. The Bertz CT molecular complexity index is 108. The molecule has 0 spiro atoms. The SMILES string of the molecule is CCC1C2CC2C1NC. The van der Waals surface area contributed by atoms with E-state index in [0.717, 1.165) is 23.8 Å². The molecule has 1 nitrogen and oxygen atoms in total. The van der Waals surface area contributed by atoms with Gasteiger partial charge in [-0.25, -0.2) is 0 Å². The lowest BCUT2D eigenvalue weighted by molar-refractivity contribution is 0.193. The van der Waals surface area contributed by atoms with Gasteiger partial charge < -0.3 is 5.32 Å². The summed E-state index contributed by atoms with van der Waals surface area (Å²) in [6.07, 6.45) is 2.90. The van der Waals surface area contributed by atoms with Crippen LogP contribution in [0, 0.1) is 17.8 Å². The maximum Gasteiger partial charge on any atom is 0.0126 e. The molecule has 0 bridgehead atoms. The van der Waals surface area contributed by atoms with E-state index in [2.05, 4.69) is 19.3 Å². The Balaban J connectivity index is 1.94. The van der Waals surface area contributed by atoms with E-state index >= 15 is 0 Å². The van der Waals surface area contributed by atoms with Crippen LogP contribution in [0.15, 0.2) is 0 Å². The largest absolute Gasteiger partial charge is 0.316 e. The molecule has 0 heterocycles. The zero-order valence-corrected chi connectivity index (χ0v) is 6.22. The first-order valence-corrected chi connectivity index (χ1v) is 4.05. The Labute approximate surface area is 56.8 Å². The van der Waals surface area contributed by atoms with Gasteiger partial charge in [0.25, 0.3) is 0 Å². The summed E-state index contributed by atoms with van der Waals surface area (Å²) < 4.78 is 0. The highest BCUT2D eigenvalue weighted by atomic mass is 15.0. The third-order valence-electron chi connectivity index (χ3n) is 3.17. The minimum absolute atomic E-state index is 0.889. The monoisotopic (exact) mass is 125 g/mol. The Hall–Kier alpha value is -0.0400. The van der Waals surface area contributed by atoms with Gasteiger partial charge in [-0.15, -0.1) is 0 Å². The van der Waals surface area contributed by atoms with Gasteiger partial charge in [0.05, 0.1) is 0 Å². The van der Waals surface area contributed by atoms with Crippen LogP contribution in [0.4, 0.5) is 0 Å². The van der Waals surface area contributed by atoms with Crippen LogP contribution in [-0.2, 0) is 0 Å². The van der Waals surface area contributed by atoms with Gasteiger partial charge in [-0.05, 0) is 31.2 Å². The van der Waals surface area contributed by atoms with E-state index in [-0.39, 0.29) is 0 Å². The number of nitrogens with one attached hydrogen (secondary N) is 1. The van der Waals surface area contributed by atoms with Crippen molar-refractivity contribution in [3.63, 3.8) is 0 Å². The van der Waals surface area contributed by atoms with Gasteiger partial charge in [-0.2, -0.15) is 0 Å². The topological polar surface area (TPSA) is 12.0 Å². The molecule has 9 heavy (non-hydrogen) atoms. The minimum Gasteiger partial charge on any atom is -0.316 e. The summed E-state index contributed by atoms with van der Waals surface area (Å²) in [4.78, 5) is 0. The highest BCUT2D eigenvalue weighted by molar-refractivity contribution is 5.11. The third-order valence-corrected chi connectivity index (χ3v) is 3.17. The molecule has 2 saturated carbocycles. The van der Waals surface area contributed by atoms with Gasteiger partial charge in [0.2, 0.25) is 0 Å². The van der Waals surface area contributed by atoms with Crippen LogP contribution in [-0.4, -0.2) is 13.1 Å². The first-order chi connectivity index (χ1) is 4.38. The highest BCUT2D eigenvalue weighted by Gasteiger charge is 2.59. The van der Waals surface area contributed by atoms with Crippen molar-refractivity contribution in [1.29, 1.82) is 0 Å². The molecular weight excluding hydrogens is 110 g/mol. The van der Waals surface area contributed by atoms with Crippen LogP contribution in [0.25, 0.3) is 0 Å². The third kappa shape index (κ3) is 0.586. The lowest BCUT2D eigenvalue weighted by Gasteiger charge is -2.34. The molecule has 2 rings (SSSR count). The van der Waals surface area contributed by atoms with Crippen LogP contribution in [0.3, 0.4) is 0 Å². The van der Waals surface area contributed by atoms with E-state index in [4.69, 9.17) is 0 Å². The lowest BCUT2D eigenvalue weighted by Crippen LogP contribution is -2.44. The standard InChI is InChI=1S/C8H15N/c1-3-5-6-4-7(6)8(5)9-2/h5-9H,3-4H2,1-2H3. The molecular formula is C8H15N. The number of hydrogen-bond acceptors (Lipinski definition) is 1. The van der Waals surface area contributed by atoms with Crippen LogP contribution in [0.2, 0.25) is 0 Å². The highest BCUT2D eigenvalue weighted by Crippen LogP contribution is 2.60. The first kappa shape index (κ1) is 5.72. The smallest absolute Gasteiger partial charge is 0.0126 e. The predicted molar refractivity (Wildman–Crippen MR) is 38.2 cm³/mol. The number of rotatable bonds is 2. The van der Waals surface area contributed by atoms with E-state index in [0.29, 0.717) is 0 Å². The Kier molecular flexibility index (Phi) is 1.10. The molecule has 1 heteroatoms. The molecule has 0 amide bonds. The fourth-order valence-electron chi connectivity index (χ4n) is 2.56. The second-order valence-electron chi connectivity index (χ2n) is 3.45. The molecule has 1 N–H and O–H groups in total. The predicted octanol–water partition coefficient (Wildman–Crippen LogP) is 1.25. The zero-order chi connectivity index (χ0) is 6.43. The van der Waals surface area contributed by atoms with Gasteiger partial charge in [-0.3, -0.25) is 0 Å². The minimum atomic E-state index is 0.889. The molecule has 4 atom stereocenters. The molecule has 2 aliphatic carbocycles. The maximum absolute atomic E-state index is 3.39. The number of hydrogen-bond donors (Lipinski definition) is 1. The van der Waals surface area contributed by atoms with Crippen LogP contribution in [0.5, 0.6) is 0 Å². The summed E-state index contributed by atoms with van der Waals surface area (Å²) in [7, 11) is 2.10. The van der Waals surface area contributed by atoms with E-state index in [1.54, 1.807) is 0 Å². The Morgan fingerprint density at radius 3 is 2.67 bits per heavy atom. The molecule has 0 radical (unpaired) electrons. The van der Waals surface area contributed by atoms with Crippen molar-refractivity contribution in [2.75, 3.05) is 7.05 Å². The summed E-state index contributed by atoms with van der Waals surface area (Å²) in [5.41, 5.74) is 0. The lowest BCUT2D eigenvalue weighted by atomic mass is 9.78. The van der Waals surface area contributed by atoms with Crippen LogP contribution >= 0.6 is 0 Å². The summed E-state index contributed by atoms with van der Waals surface area (Å²) >= 11 is 0. The quantitative estimate of drug-likeness (QED) is 0.585. The molecule has 0 saturated heterocycles. The first-order valence-electron chi connectivity index (χ1n) is 4.05. The van der Waals surface area contributed by atoms with Gasteiger partial charge in [0, 0.05) is 6.04 Å². The second kappa shape index (κ2) is 1.72. The van der Waals surface area contributed by atoms with Gasteiger partial charge in [-0.1, -0.05) is 13.3 Å². The molecule has 0 aromatic heterocycles. The average molecular weight is 125 g/mol. The van der Waals surface area contributed by atoms with E-state index in [1.807, 2.05) is 0 Å². The van der Waals surface area contributed by atoms with Crippen molar-refractivity contribution in [2.24, 2.45) is 17.8 Å². The molecule has 2 aliphatic rings. The van der Waals surface area contributed by atoms with Crippen LogP contribution in [0.1, 0.15) is 19.8 Å². The van der Waals surface area contributed by atoms with Crippen molar-refractivity contribution in [1.82, 2.24) is 5.32 Å². The Morgan fingerprint density at radius 2 is 2.22 bits per heavy atom. The summed E-state index contributed by atoms with van der Waals surface area (Å²) in [5.74, 6) is 3.24. The van der Waals surface area contributed by atoms with Crippen LogP contribution < -0.4 is 5.32 Å². The average Bonchev–Trinajstić information content (AvgIpc) is 2.47. The Morgan fingerprint density at radius 1 is 1.44 bits per heavy atom. The van der Waals surface area contributed by atoms with E-state index in [9.17, 15) is 0 Å².